The molecule has 0 aromatic heterocycles. The molecule has 1 aromatic carbocycles. The van der Waals surface area contributed by atoms with Gasteiger partial charge in [-0.05, 0) is 34.9 Å². The maximum Gasteiger partial charge on any atom is 0.331 e. The number of phenols is 1. The second-order valence-corrected chi connectivity index (χ2v) is 7.29. The molecule has 132 valence electrons. The number of benzene rings is 1. The Hall–Kier alpha value is -2.61. The standard InChI is InChI=1S/C17H19N3O4S/c1-17(2,3)11-5-6-12(21)10(7-11)9-18-20-16-19-15(23)13(25-16)8-14(22)24-4/h5-9,21H,1-4H3,(H,19,20,23)/b13-8+,18-9?. The summed E-state index contributed by atoms with van der Waals surface area (Å²) in [5.74, 6) is -0.973. The van der Waals surface area contributed by atoms with Gasteiger partial charge >= 0.3 is 5.97 Å². The number of esters is 1. The third-order valence-electron chi connectivity index (χ3n) is 3.34. The number of rotatable bonds is 3. The van der Waals surface area contributed by atoms with Crippen LogP contribution in [0.2, 0.25) is 0 Å². The number of methoxy groups -OCH3 is 1. The molecule has 0 atom stereocenters. The molecule has 0 bridgehead atoms. The predicted molar refractivity (Wildman–Crippen MR) is 97.7 cm³/mol. The van der Waals surface area contributed by atoms with Gasteiger partial charge in [-0.25, -0.2) is 4.79 Å². The lowest BCUT2D eigenvalue weighted by Gasteiger charge is -2.19. The molecule has 7 nitrogen and oxygen atoms in total. The highest BCUT2D eigenvalue weighted by molar-refractivity contribution is 8.18. The normalized spacial score (nSPS) is 18.2. The minimum absolute atomic E-state index is 0.0644. The highest BCUT2D eigenvalue weighted by atomic mass is 32.2. The zero-order chi connectivity index (χ0) is 18.6. The van der Waals surface area contributed by atoms with Crippen LogP contribution in [0, 0.1) is 0 Å². The van der Waals surface area contributed by atoms with Gasteiger partial charge in [0.1, 0.15) is 5.75 Å². The van der Waals surface area contributed by atoms with Crippen molar-refractivity contribution in [1.29, 1.82) is 0 Å². The maximum atomic E-state index is 11.7. The first-order valence-electron chi connectivity index (χ1n) is 7.44. The van der Waals surface area contributed by atoms with Gasteiger partial charge in [-0.3, -0.25) is 10.1 Å². The molecule has 0 spiro atoms. The number of hydrogen-bond acceptors (Lipinski definition) is 7. The SMILES string of the molecule is COC(=O)/C=C1/S/C(=N\N=Cc2cc(C(C)(C)C)ccc2O)NC1=O. The summed E-state index contributed by atoms with van der Waals surface area (Å²) < 4.78 is 4.48. The van der Waals surface area contributed by atoms with Crippen molar-refractivity contribution in [3.63, 3.8) is 0 Å². The van der Waals surface area contributed by atoms with Crippen molar-refractivity contribution in [2.75, 3.05) is 7.11 Å². The Morgan fingerprint density at radius 2 is 2.08 bits per heavy atom. The van der Waals surface area contributed by atoms with Crippen LogP contribution in [0.3, 0.4) is 0 Å². The second-order valence-electron chi connectivity index (χ2n) is 6.26. The minimum Gasteiger partial charge on any atom is -0.507 e. The van der Waals surface area contributed by atoms with Crippen molar-refractivity contribution in [3.05, 3.63) is 40.3 Å². The maximum absolute atomic E-state index is 11.7. The fraction of sp³-hybridized carbons (Fsp3) is 0.294. The summed E-state index contributed by atoms with van der Waals surface area (Å²) in [7, 11) is 1.23. The number of aromatic hydroxyl groups is 1. The molecule has 1 aromatic rings. The Kier molecular flexibility index (Phi) is 5.63. The molecule has 25 heavy (non-hydrogen) atoms. The Morgan fingerprint density at radius 1 is 1.36 bits per heavy atom. The number of nitrogens with zero attached hydrogens (tertiary/aromatic N) is 2. The molecule has 8 heteroatoms. The van der Waals surface area contributed by atoms with E-state index in [0.29, 0.717) is 5.56 Å². The summed E-state index contributed by atoms with van der Waals surface area (Å²) in [6.45, 7) is 6.21. The van der Waals surface area contributed by atoms with Crippen molar-refractivity contribution in [2.24, 2.45) is 10.2 Å². The lowest BCUT2D eigenvalue weighted by molar-refractivity contribution is -0.135. The van der Waals surface area contributed by atoms with Gasteiger partial charge in [0, 0.05) is 11.6 Å². The Bertz CT molecular complexity index is 792. The molecule has 2 rings (SSSR count). The van der Waals surface area contributed by atoms with Gasteiger partial charge < -0.3 is 9.84 Å². The fourth-order valence-corrected chi connectivity index (χ4v) is 2.65. The third-order valence-corrected chi connectivity index (χ3v) is 4.24. The first kappa shape index (κ1) is 18.7. The summed E-state index contributed by atoms with van der Waals surface area (Å²) in [5.41, 5.74) is 1.51. The monoisotopic (exact) mass is 361 g/mol. The lowest BCUT2D eigenvalue weighted by atomic mass is 9.86. The van der Waals surface area contributed by atoms with Crippen LogP contribution in [0.25, 0.3) is 0 Å². The number of ether oxygens (including phenoxy) is 1. The molecule has 0 aliphatic carbocycles. The van der Waals surface area contributed by atoms with E-state index in [0.717, 1.165) is 23.4 Å². The first-order valence-corrected chi connectivity index (χ1v) is 8.25. The molecule has 1 fully saturated rings. The van der Waals surface area contributed by atoms with Gasteiger partial charge in [-0.1, -0.05) is 26.8 Å². The van der Waals surface area contributed by atoms with Crippen LogP contribution in [-0.2, 0) is 19.7 Å². The number of carbonyl (C=O) groups excluding carboxylic acids is 2. The van der Waals surface area contributed by atoms with Crippen LogP contribution in [0.1, 0.15) is 31.9 Å². The van der Waals surface area contributed by atoms with E-state index in [1.807, 2.05) is 12.1 Å². The summed E-state index contributed by atoms with van der Waals surface area (Å²) in [4.78, 5) is 23.1. The molecule has 1 aliphatic rings. The van der Waals surface area contributed by atoms with Crippen LogP contribution in [0.4, 0.5) is 0 Å². The Morgan fingerprint density at radius 3 is 2.72 bits per heavy atom. The number of carbonyl (C=O) groups is 2. The minimum atomic E-state index is -0.619. The van der Waals surface area contributed by atoms with Crippen molar-refractivity contribution in [2.45, 2.75) is 26.2 Å². The van der Waals surface area contributed by atoms with Crippen LogP contribution < -0.4 is 5.32 Å². The largest absolute Gasteiger partial charge is 0.507 e. The smallest absolute Gasteiger partial charge is 0.331 e. The van der Waals surface area contributed by atoms with Crippen LogP contribution >= 0.6 is 11.8 Å². The first-order chi connectivity index (χ1) is 11.7. The molecular weight excluding hydrogens is 342 g/mol. The van der Waals surface area contributed by atoms with E-state index in [1.54, 1.807) is 6.07 Å². The quantitative estimate of drug-likeness (QED) is 0.372. The van der Waals surface area contributed by atoms with Crippen molar-refractivity contribution < 1.29 is 19.4 Å². The Labute approximate surface area is 149 Å². The van der Waals surface area contributed by atoms with Gasteiger partial charge in [-0.2, -0.15) is 5.10 Å². The molecular formula is C17H19N3O4S. The van der Waals surface area contributed by atoms with Gasteiger partial charge in [-0.15, -0.1) is 5.10 Å². The number of nitrogens with one attached hydrogen (secondary N) is 1. The van der Waals surface area contributed by atoms with Crippen LogP contribution in [-0.4, -0.2) is 35.5 Å². The lowest BCUT2D eigenvalue weighted by Crippen LogP contribution is -2.19. The van der Waals surface area contributed by atoms with E-state index >= 15 is 0 Å². The van der Waals surface area contributed by atoms with Gasteiger partial charge in [0.05, 0.1) is 18.2 Å². The van der Waals surface area contributed by atoms with E-state index in [2.05, 4.69) is 41.0 Å². The molecule has 0 saturated carbocycles. The van der Waals surface area contributed by atoms with Gasteiger partial charge in [0.15, 0.2) is 5.17 Å². The van der Waals surface area contributed by atoms with E-state index < -0.39 is 11.9 Å². The summed E-state index contributed by atoms with van der Waals surface area (Å²) in [6.07, 6.45) is 2.50. The van der Waals surface area contributed by atoms with Gasteiger partial charge in [0.2, 0.25) is 0 Å². The molecule has 1 heterocycles. The topological polar surface area (TPSA) is 100 Å². The number of amidine groups is 1. The average molecular weight is 361 g/mol. The molecule has 1 amide bonds. The highest BCUT2D eigenvalue weighted by Gasteiger charge is 2.25. The zero-order valence-electron chi connectivity index (χ0n) is 14.4. The number of thioether (sulfide) groups is 1. The van der Waals surface area contributed by atoms with Crippen LogP contribution in [0.15, 0.2) is 39.4 Å². The average Bonchev–Trinajstić information content (AvgIpc) is 2.87. The van der Waals surface area contributed by atoms with Gasteiger partial charge in [0.25, 0.3) is 5.91 Å². The van der Waals surface area contributed by atoms with Crippen LogP contribution in [0.5, 0.6) is 5.75 Å². The Balaban J connectivity index is 2.16. The van der Waals surface area contributed by atoms with Crippen molar-refractivity contribution in [1.82, 2.24) is 5.32 Å². The predicted octanol–water partition coefficient (Wildman–Crippen LogP) is 2.30. The van der Waals surface area contributed by atoms with Crippen molar-refractivity contribution in [3.8, 4) is 5.75 Å². The molecule has 1 aliphatic heterocycles. The number of phenolic OH excluding ortho intramolecular Hbond substituents is 1. The second kappa shape index (κ2) is 7.52. The summed E-state index contributed by atoms with van der Waals surface area (Å²) in [5, 5.41) is 20.5. The third kappa shape index (κ3) is 4.93. The molecule has 1 saturated heterocycles. The molecule has 2 N–H and O–H groups in total. The molecule has 0 radical (unpaired) electrons. The van der Waals surface area contributed by atoms with Crippen molar-refractivity contribution >= 4 is 35.0 Å². The zero-order valence-corrected chi connectivity index (χ0v) is 15.2. The summed E-state index contributed by atoms with van der Waals surface area (Å²) >= 11 is 0.983. The fourth-order valence-electron chi connectivity index (χ4n) is 1.91. The highest BCUT2D eigenvalue weighted by Crippen LogP contribution is 2.27. The van der Waals surface area contributed by atoms with E-state index in [-0.39, 0.29) is 21.2 Å². The number of amides is 1. The summed E-state index contributed by atoms with van der Waals surface area (Å²) in [6, 6.07) is 5.30. The number of hydrogen-bond donors (Lipinski definition) is 2. The van der Waals surface area contributed by atoms with E-state index in [1.165, 1.54) is 13.3 Å². The van der Waals surface area contributed by atoms with E-state index in [4.69, 9.17) is 0 Å². The molecule has 0 unspecified atom stereocenters. The van der Waals surface area contributed by atoms with E-state index in [9.17, 15) is 14.7 Å².